The van der Waals surface area contributed by atoms with Crippen LogP contribution in [0.5, 0.6) is 0 Å². The molecule has 6 heteroatoms. The first-order valence-corrected chi connectivity index (χ1v) is 7.98. The smallest absolute Gasteiger partial charge is 0.243 e. The third-order valence-corrected chi connectivity index (χ3v) is 5.27. The van der Waals surface area contributed by atoms with Gasteiger partial charge in [0, 0.05) is 19.1 Å². The largest absolute Gasteiger partial charge is 0.315 e. The van der Waals surface area contributed by atoms with Gasteiger partial charge < -0.3 is 5.32 Å². The maximum atomic E-state index is 12.9. The van der Waals surface area contributed by atoms with E-state index in [-0.39, 0.29) is 10.9 Å². The second kappa shape index (κ2) is 5.98. The highest BCUT2D eigenvalue weighted by atomic mass is 32.2. The fourth-order valence-electron chi connectivity index (χ4n) is 2.35. The molecule has 0 aliphatic carbocycles. The van der Waals surface area contributed by atoms with Crippen LogP contribution in [0, 0.1) is 5.82 Å². The van der Waals surface area contributed by atoms with Crippen molar-refractivity contribution in [1.82, 2.24) is 9.62 Å². The minimum absolute atomic E-state index is 0.00463. The Morgan fingerprint density at radius 1 is 1.37 bits per heavy atom. The SMILES string of the molecule is CCCN(C1CCNC1)S(=O)(=O)c1ccc(F)cc1. The molecule has 0 aromatic heterocycles. The molecule has 0 spiro atoms. The molecular formula is C13H19FN2O2S. The molecule has 1 aromatic carbocycles. The Morgan fingerprint density at radius 3 is 2.58 bits per heavy atom. The molecule has 0 bridgehead atoms. The zero-order chi connectivity index (χ0) is 13.9. The molecule has 106 valence electrons. The van der Waals surface area contributed by atoms with E-state index < -0.39 is 15.8 Å². The molecule has 1 fully saturated rings. The minimum atomic E-state index is -3.54. The molecule has 1 aliphatic rings. The van der Waals surface area contributed by atoms with Gasteiger partial charge >= 0.3 is 0 Å². The van der Waals surface area contributed by atoms with Gasteiger partial charge in [-0.2, -0.15) is 4.31 Å². The molecule has 0 radical (unpaired) electrons. The lowest BCUT2D eigenvalue weighted by Gasteiger charge is -2.27. The Hall–Kier alpha value is -0.980. The topological polar surface area (TPSA) is 49.4 Å². The summed E-state index contributed by atoms with van der Waals surface area (Å²) in [6, 6.07) is 5.02. The zero-order valence-electron chi connectivity index (χ0n) is 11.0. The summed E-state index contributed by atoms with van der Waals surface area (Å²) in [4.78, 5) is 0.161. The van der Waals surface area contributed by atoms with Gasteiger partial charge in [0.25, 0.3) is 0 Å². The van der Waals surface area contributed by atoms with Crippen molar-refractivity contribution in [2.45, 2.75) is 30.7 Å². The van der Waals surface area contributed by atoms with Crippen LogP contribution < -0.4 is 5.32 Å². The zero-order valence-corrected chi connectivity index (χ0v) is 11.8. The molecule has 0 saturated carbocycles. The Balaban J connectivity index is 2.30. The van der Waals surface area contributed by atoms with Crippen molar-refractivity contribution in [1.29, 1.82) is 0 Å². The fourth-order valence-corrected chi connectivity index (χ4v) is 4.09. The summed E-state index contributed by atoms with van der Waals surface area (Å²) in [7, 11) is -3.54. The van der Waals surface area contributed by atoms with E-state index in [4.69, 9.17) is 0 Å². The molecule has 1 aliphatic heterocycles. The van der Waals surface area contributed by atoms with E-state index >= 15 is 0 Å². The molecule has 0 amide bonds. The summed E-state index contributed by atoms with van der Waals surface area (Å²) in [5.41, 5.74) is 0. The van der Waals surface area contributed by atoms with Crippen molar-refractivity contribution in [2.24, 2.45) is 0 Å². The van der Waals surface area contributed by atoms with E-state index in [9.17, 15) is 12.8 Å². The van der Waals surface area contributed by atoms with Crippen molar-refractivity contribution in [2.75, 3.05) is 19.6 Å². The summed E-state index contributed by atoms with van der Waals surface area (Å²) in [6.45, 7) is 3.96. The highest BCUT2D eigenvalue weighted by Crippen LogP contribution is 2.21. The monoisotopic (exact) mass is 286 g/mol. The van der Waals surface area contributed by atoms with Gasteiger partial charge in [-0.3, -0.25) is 0 Å². The molecule has 1 atom stereocenters. The molecule has 1 heterocycles. The molecule has 1 aromatic rings. The lowest BCUT2D eigenvalue weighted by molar-refractivity contribution is 0.335. The van der Waals surface area contributed by atoms with Crippen LogP contribution in [0.4, 0.5) is 4.39 Å². The number of rotatable bonds is 5. The lowest BCUT2D eigenvalue weighted by atomic mass is 10.2. The summed E-state index contributed by atoms with van der Waals surface area (Å²) in [5, 5.41) is 3.18. The van der Waals surface area contributed by atoms with E-state index in [0.717, 1.165) is 19.4 Å². The van der Waals surface area contributed by atoms with Gasteiger partial charge in [-0.1, -0.05) is 6.92 Å². The molecule has 19 heavy (non-hydrogen) atoms. The maximum Gasteiger partial charge on any atom is 0.243 e. The average Bonchev–Trinajstić information content (AvgIpc) is 2.89. The number of nitrogens with zero attached hydrogens (tertiary/aromatic N) is 1. The van der Waals surface area contributed by atoms with E-state index in [1.807, 2.05) is 6.92 Å². The fraction of sp³-hybridized carbons (Fsp3) is 0.538. The van der Waals surface area contributed by atoms with Gasteiger partial charge in [0.2, 0.25) is 10.0 Å². The third kappa shape index (κ3) is 3.13. The van der Waals surface area contributed by atoms with Crippen molar-refractivity contribution >= 4 is 10.0 Å². The van der Waals surface area contributed by atoms with E-state index in [0.29, 0.717) is 13.1 Å². The van der Waals surface area contributed by atoms with Crippen LogP contribution >= 0.6 is 0 Å². The van der Waals surface area contributed by atoms with Gasteiger partial charge in [0.15, 0.2) is 0 Å². The quantitative estimate of drug-likeness (QED) is 0.894. The highest BCUT2D eigenvalue weighted by molar-refractivity contribution is 7.89. The number of sulfonamides is 1. The first-order chi connectivity index (χ1) is 9.05. The number of hydrogen-bond acceptors (Lipinski definition) is 3. The number of benzene rings is 1. The van der Waals surface area contributed by atoms with Gasteiger partial charge in [0.05, 0.1) is 4.90 Å². The van der Waals surface area contributed by atoms with E-state index in [1.54, 1.807) is 4.31 Å². The van der Waals surface area contributed by atoms with Crippen molar-refractivity contribution in [3.63, 3.8) is 0 Å². The van der Waals surface area contributed by atoms with Crippen molar-refractivity contribution < 1.29 is 12.8 Å². The van der Waals surface area contributed by atoms with Crippen molar-refractivity contribution in [3.8, 4) is 0 Å². The highest BCUT2D eigenvalue weighted by Gasteiger charge is 2.32. The summed E-state index contributed by atoms with van der Waals surface area (Å²) in [5.74, 6) is -0.427. The normalized spacial score (nSPS) is 20.1. The van der Waals surface area contributed by atoms with Gasteiger partial charge in [0.1, 0.15) is 5.82 Å². The Bertz CT molecular complexity index is 510. The maximum absolute atomic E-state index is 12.9. The lowest BCUT2D eigenvalue weighted by Crippen LogP contribution is -2.41. The second-order valence-corrected chi connectivity index (χ2v) is 6.61. The Morgan fingerprint density at radius 2 is 2.05 bits per heavy atom. The van der Waals surface area contributed by atoms with Crippen LogP contribution in [0.25, 0.3) is 0 Å². The first kappa shape index (κ1) is 14.4. The number of hydrogen-bond donors (Lipinski definition) is 1. The van der Waals surface area contributed by atoms with Crippen molar-refractivity contribution in [3.05, 3.63) is 30.1 Å². The van der Waals surface area contributed by atoms with Gasteiger partial charge in [-0.25, -0.2) is 12.8 Å². The summed E-state index contributed by atoms with van der Waals surface area (Å²) < 4.78 is 39.6. The third-order valence-electron chi connectivity index (χ3n) is 3.31. The number of nitrogens with one attached hydrogen (secondary N) is 1. The minimum Gasteiger partial charge on any atom is -0.315 e. The van der Waals surface area contributed by atoms with Crippen LogP contribution in [0.3, 0.4) is 0 Å². The first-order valence-electron chi connectivity index (χ1n) is 6.54. The summed E-state index contributed by atoms with van der Waals surface area (Å²) >= 11 is 0. The predicted octanol–water partition coefficient (Wildman–Crippen LogP) is 1.59. The Labute approximate surface area is 113 Å². The van der Waals surface area contributed by atoms with Gasteiger partial charge in [-0.05, 0) is 43.7 Å². The number of halogens is 1. The molecule has 1 unspecified atom stereocenters. The van der Waals surface area contributed by atoms with Crippen LogP contribution in [0.15, 0.2) is 29.2 Å². The van der Waals surface area contributed by atoms with Crippen LogP contribution in [0.2, 0.25) is 0 Å². The molecule has 4 nitrogen and oxygen atoms in total. The standard InChI is InChI=1S/C13H19FN2O2S/c1-2-9-16(12-7-8-15-10-12)19(17,18)13-5-3-11(14)4-6-13/h3-6,12,15H,2,7-10H2,1H3. The van der Waals surface area contributed by atoms with E-state index in [2.05, 4.69) is 5.32 Å². The predicted molar refractivity (Wildman–Crippen MR) is 71.9 cm³/mol. The Kier molecular flexibility index (Phi) is 4.54. The molecule has 2 rings (SSSR count). The van der Waals surface area contributed by atoms with Gasteiger partial charge in [-0.15, -0.1) is 0 Å². The molecule has 1 N–H and O–H groups in total. The second-order valence-electron chi connectivity index (χ2n) is 4.72. The molecule has 1 saturated heterocycles. The van der Waals surface area contributed by atoms with Crippen LogP contribution in [-0.4, -0.2) is 38.4 Å². The van der Waals surface area contributed by atoms with Crippen LogP contribution in [0.1, 0.15) is 19.8 Å². The van der Waals surface area contributed by atoms with E-state index in [1.165, 1.54) is 24.3 Å². The summed E-state index contributed by atoms with van der Waals surface area (Å²) in [6.07, 6.45) is 1.58. The van der Waals surface area contributed by atoms with Crippen LogP contribution in [-0.2, 0) is 10.0 Å². The molecular weight excluding hydrogens is 267 g/mol. The average molecular weight is 286 g/mol.